The summed E-state index contributed by atoms with van der Waals surface area (Å²) in [5, 5.41) is 2.70. The second kappa shape index (κ2) is 10.5. The highest BCUT2D eigenvalue weighted by atomic mass is 32.2. The summed E-state index contributed by atoms with van der Waals surface area (Å²) in [7, 11) is 0. The highest BCUT2D eigenvalue weighted by Gasteiger charge is 2.37. The normalized spacial score (nSPS) is 12.6. The Morgan fingerprint density at radius 2 is 1.25 bits per heavy atom. The molecule has 0 aliphatic rings. The third-order valence-corrected chi connectivity index (χ3v) is 6.55. The fourth-order valence-corrected chi connectivity index (χ4v) is 5.06. The van der Waals surface area contributed by atoms with Crippen LogP contribution in [-0.2, 0) is 14.3 Å². The number of carbonyl (C=O) groups excluding carboxylic acids is 2. The third-order valence-electron chi connectivity index (χ3n) is 4.89. The van der Waals surface area contributed by atoms with E-state index in [1.54, 1.807) is 32.5 Å². The van der Waals surface area contributed by atoms with Crippen LogP contribution in [0.2, 0.25) is 0 Å². The van der Waals surface area contributed by atoms with Crippen LogP contribution in [0.15, 0.2) is 91.0 Å². The van der Waals surface area contributed by atoms with Crippen LogP contribution in [0.3, 0.4) is 0 Å². The third kappa shape index (κ3) is 5.80. The highest BCUT2D eigenvalue weighted by Crippen LogP contribution is 2.48. The number of thioether (sulfide) groups is 1. The van der Waals surface area contributed by atoms with Crippen LogP contribution in [0.5, 0.6) is 0 Å². The molecule has 0 bridgehead atoms. The lowest BCUT2D eigenvalue weighted by Crippen LogP contribution is -2.42. The molecular formula is C27H29NO3S. The van der Waals surface area contributed by atoms with Gasteiger partial charge in [-0.2, -0.15) is 0 Å². The monoisotopic (exact) mass is 447 g/mol. The minimum atomic E-state index is -0.689. The molecule has 1 atom stereocenters. The van der Waals surface area contributed by atoms with Crippen molar-refractivity contribution in [1.82, 2.24) is 5.32 Å². The van der Waals surface area contributed by atoms with E-state index in [0.29, 0.717) is 5.75 Å². The number of alkyl carbamates (subject to hydrolysis) is 1. The average molecular weight is 448 g/mol. The first-order valence-corrected chi connectivity index (χ1v) is 11.6. The molecule has 3 rings (SSSR count). The van der Waals surface area contributed by atoms with Gasteiger partial charge in [0.1, 0.15) is 11.9 Å². The number of aldehydes is 1. The van der Waals surface area contributed by atoms with Crippen molar-refractivity contribution in [2.45, 2.75) is 37.2 Å². The van der Waals surface area contributed by atoms with Gasteiger partial charge in [-0.15, -0.1) is 11.8 Å². The van der Waals surface area contributed by atoms with Crippen molar-refractivity contribution >= 4 is 24.1 Å². The summed E-state index contributed by atoms with van der Waals surface area (Å²) in [4.78, 5) is 24.1. The molecule has 0 aliphatic heterocycles. The Hall–Kier alpha value is -3.05. The van der Waals surface area contributed by atoms with E-state index in [1.807, 2.05) is 54.6 Å². The molecule has 0 aliphatic carbocycles. The lowest BCUT2D eigenvalue weighted by molar-refractivity contribution is -0.109. The SMILES string of the molecule is CC(C)(C)OC(=O)NC(C=O)CSC(c1ccccc1)(c1ccccc1)c1ccccc1. The van der Waals surface area contributed by atoms with Gasteiger partial charge in [0.25, 0.3) is 0 Å². The molecule has 4 nitrogen and oxygen atoms in total. The molecule has 3 aromatic carbocycles. The summed E-state index contributed by atoms with van der Waals surface area (Å²) in [6.07, 6.45) is 0.169. The van der Waals surface area contributed by atoms with Crippen LogP contribution in [0.25, 0.3) is 0 Å². The predicted molar refractivity (Wildman–Crippen MR) is 131 cm³/mol. The van der Waals surface area contributed by atoms with Gasteiger partial charge >= 0.3 is 6.09 Å². The smallest absolute Gasteiger partial charge is 0.408 e. The zero-order chi connectivity index (χ0) is 23.0. The molecule has 0 fully saturated rings. The van der Waals surface area contributed by atoms with Crippen molar-refractivity contribution in [3.63, 3.8) is 0 Å². The number of ether oxygens (including phenoxy) is 1. The average Bonchev–Trinajstić information content (AvgIpc) is 2.79. The highest BCUT2D eigenvalue weighted by molar-refractivity contribution is 8.00. The molecule has 0 saturated heterocycles. The van der Waals surface area contributed by atoms with E-state index in [2.05, 4.69) is 41.7 Å². The zero-order valence-corrected chi connectivity index (χ0v) is 19.5. The Kier molecular flexibility index (Phi) is 7.75. The minimum Gasteiger partial charge on any atom is -0.444 e. The molecule has 0 aromatic heterocycles. The number of carbonyl (C=O) groups is 2. The molecule has 0 spiro atoms. The molecule has 5 heteroatoms. The van der Waals surface area contributed by atoms with Gasteiger partial charge in [-0.05, 0) is 37.5 Å². The predicted octanol–water partition coefficient (Wildman–Crippen LogP) is 5.80. The van der Waals surface area contributed by atoms with E-state index in [1.165, 1.54) is 0 Å². The Balaban J connectivity index is 1.99. The Bertz CT molecular complexity index is 905. The number of nitrogens with one attached hydrogen (secondary N) is 1. The maximum absolute atomic E-state index is 12.3. The Morgan fingerprint density at radius 1 is 0.844 bits per heavy atom. The van der Waals surface area contributed by atoms with Crippen LogP contribution < -0.4 is 5.32 Å². The first kappa shape index (κ1) is 23.6. The van der Waals surface area contributed by atoms with Crippen molar-refractivity contribution in [1.29, 1.82) is 0 Å². The summed E-state index contributed by atoms with van der Waals surface area (Å²) < 4.78 is 4.78. The second-order valence-electron chi connectivity index (χ2n) is 8.48. The van der Waals surface area contributed by atoms with Gasteiger partial charge in [0.05, 0.1) is 10.8 Å². The van der Waals surface area contributed by atoms with E-state index >= 15 is 0 Å². The van der Waals surface area contributed by atoms with Crippen molar-refractivity contribution in [3.05, 3.63) is 108 Å². The molecule has 0 heterocycles. The summed E-state index contributed by atoms with van der Waals surface area (Å²) >= 11 is 1.62. The van der Waals surface area contributed by atoms with Crippen molar-refractivity contribution < 1.29 is 14.3 Å². The van der Waals surface area contributed by atoms with E-state index in [0.717, 1.165) is 23.0 Å². The molecular weight excluding hydrogens is 418 g/mol. The van der Waals surface area contributed by atoms with Crippen LogP contribution >= 0.6 is 11.8 Å². The number of rotatable bonds is 8. The summed E-state index contributed by atoms with van der Waals surface area (Å²) in [6.45, 7) is 5.38. The lowest BCUT2D eigenvalue weighted by atomic mass is 9.84. The van der Waals surface area contributed by atoms with Crippen LogP contribution in [-0.4, -0.2) is 29.8 Å². The molecule has 0 radical (unpaired) electrons. The molecule has 3 aromatic rings. The van der Waals surface area contributed by atoms with Gasteiger partial charge in [-0.3, -0.25) is 0 Å². The van der Waals surface area contributed by atoms with Gasteiger partial charge in [0.15, 0.2) is 0 Å². The number of hydrogen-bond acceptors (Lipinski definition) is 4. The lowest BCUT2D eigenvalue weighted by Gasteiger charge is -2.36. The van der Waals surface area contributed by atoms with Crippen LogP contribution in [0.4, 0.5) is 4.79 Å². The molecule has 166 valence electrons. The topological polar surface area (TPSA) is 55.4 Å². The summed E-state index contributed by atoms with van der Waals surface area (Å²) in [5.74, 6) is 0.376. The first-order valence-electron chi connectivity index (χ1n) is 10.6. The summed E-state index contributed by atoms with van der Waals surface area (Å²) in [6, 6.07) is 30.0. The van der Waals surface area contributed by atoms with Crippen LogP contribution in [0, 0.1) is 0 Å². The standard InChI is InChI=1S/C27H29NO3S/c1-26(2,3)31-25(30)28-24(19-29)20-32-27(21-13-7-4-8-14-21,22-15-9-5-10-16-22)23-17-11-6-12-18-23/h4-19,24H,20H2,1-3H3,(H,28,30). The number of amides is 1. The largest absolute Gasteiger partial charge is 0.444 e. The Morgan fingerprint density at radius 3 is 1.59 bits per heavy atom. The molecule has 1 unspecified atom stereocenters. The fourth-order valence-electron chi connectivity index (χ4n) is 3.56. The van der Waals surface area contributed by atoms with E-state index < -0.39 is 22.5 Å². The minimum absolute atomic E-state index is 0.376. The van der Waals surface area contributed by atoms with Crippen molar-refractivity contribution in [2.75, 3.05) is 5.75 Å². The van der Waals surface area contributed by atoms with Gasteiger partial charge in [-0.25, -0.2) is 4.79 Å². The molecule has 1 N–H and O–H groups in total. The van der Waals surface area contributed by atoms with Crippen molar-refractivity contribution in [3.8, 4) is 0 Å². The molecule has 1 amide bonds. The number of hydrogen-bond donors (Lipinski definition) is 1. The van der Waals surface area contributed by atoms with Crippen molar-refractivity contribution in [2.24, 2.45) is 0 Å². The first-order chi connectivity index (χ1) is 15.3. The van der Waals surface area contributed by atoms with Gasteiger partial charge in [0, 0.05) is 5.75 Å². The second-order valence-corrected chi connectivity index (χ2v) is 9.71. The van der Waals surface area contributed by atoms with E-state index in [-0.39, 0.29) is 0 Å². The van der Waals surface area contributed by atoms with E-state index in [9.17, 15) is 9.59 Å². The quantitative estimate of drug-likeness (QED) is 0.350. The van der Waals surface area contributed by atoms with E-state index in [4.69, 9.17) is 4.74 Å². The molecule has 32 heavy (non-hydrogen) atoms. The zero-order valence-electron chi connectivity index (χ0n) is 18.7. The fraction of sp³-hybridized carbons (Fsp3) is 0.259. The summed E-state index contributed by atoms with van der Waals surface area (Å²) in [5.41, 5.74) is 2.67. The van der Waals surface area contributed by atoms with Gasteiger partial charge < -0.3 is 14.8 Å². The maximum Gasteiger partial charge on any atom is 0.408 e. The molecule has 0 saturated carbocycles. The Labute approximate surface area is 194 Å². The van der Waals surface area contributed by atoms with Crippen LogP contribution in [0.1, 0.15) is 37.5 Å². The maximum atomic E-state index is 12.3. The number of benzene rings is 3. The van der Waals surface area contributed by atoms with Gasteiger partial charge in [0.2, 0.25) is 0 Å². The van der Waals surface area contributed by atoms with Gasteiger partial charge in [-0.1, -0.05) is 91.0 Å².